The Morgan fingerprint density at radius 3 is 2.14 bits per heavy atom. The van der Waals surface area contributed by atoms with Crippen LogP contribution in [0, 0.1) is 6.92 Å². The Kier molecular flexibility index (Phi) is 5.32. The first-order valence-electron chi connectivity index (χ1n) is 7.34. The van der Waals surface area contributed by atoms with E-state index in [1.807, 2.05) is 50.2 Å². The highest BCUT2D eigenvalue weighted by atomic mass is 32.2. The van der Waals surface area contributed by atoms with Crippen LogP contribution in [0.5, 0.6) is 0 Å². The van der Waals surface area contributed by atoms with E-state index in [0.29, 0.717) is 0 Å². The maximum absolute atomic E-state index is 12.6. The normalized spacial score (nSPS) is 15.4. The molecule has 0 spiro atoms. The van der Waals surface area contributed by atoms with Crippen molar-refractivity contribution in [1.29, 1.82) is 0 Å². The third-order valence-corrected chi connectivity index (χ3v) is 5.57. The fourth-order valence-electron chi connectivity index (χ4n) is 2.27. The molecule has 0 saturated heterocycles. The lowest BCUT2D eigenvalue weighted by molar-refractivity contribution is 0.643. The van der Waals surface area contributed by atoms with Crippen LogP contribution in [0.15, 0.2) is 53.4 Å². The summed E-state index contributed by atoms with van der Waals surface area (Å²) < 4.78 is 12.6. The van der Waals surface area contributed by atoms with E-state index >= 15 is 0 Å². The van der Waals surface area contributed by atoms with Crippen molar-refractivity contribution in [2.45, 2.75) is 43.4 Å². The molecule has 3 unspecified atom stereocenters. The van der Waals surface area contributed by atoms with Gasteiger partial charge in [0, 0.05) is 10.9 Å². The Morgan fingerprint density at radius 1 is 1.05 bits per heavy atom. The van der Waals surface area contributed by atoms with E-state index in [2.05, 4.69) is 19.1 Å². The van der Waals surface area contributed by atoms with Crippen LogP contribution in [0.1, 0.15) is 36.6 Å². The molecule has 2 N–H and O–H groups in total. The van der Waals surface area contributed by atoms with E-state index in [9.17, 15) is 4.21 Å². The molecule has 0 radical (unpaired) electrons. The minimum absolute atomic E-state index is 0.125. The smallest absolute Gasteiger partial charge is 0.0577 e. The third-order valence-electron chi connectivity index (χ3n) is 3.87. The first kappa shape index (κ1) is 15.9. The predicted octanol–water partition coefficient (Wildman–Crippen LogP) is 3.75. The number of rotatable bonds is 5. The Hall–Kier alpha value is -1.45. The summed E-state index contributed by atoms with van der Waals surface area (Å²) in [5.74, 6) is 0. The predicted molar refractivity (Wildman–Crippen MR) is 89.8 cm³/mol. The van der Waals surface area contributed by atoms with Gasteiger partial charge in [-0.25, -0.2) is 0 Å². The Morgan fingerprint density at radius 2 is 1.62 bits per heavy atom. The summed E-state index contributed by atoms with van der Waals surface area (Å²) in [5, 5.41) is -0.125. The van der Waals surface area contributed by atoms with Crippen molar-refractivity contribution < 1.29 is 4.21 Å². The summed E-state index contributed by atoms with van der Waals surface area (Å²) in [7, 11) is -1.10. The summed E-state index contributed by atoms with van der Waals surface area (Å²) in [6, 6.07) is 15.9. The first-order chi connectivity index (χ1) is 10.0. The van der Waals surface area contributed by atoms with Crippen molar-refractivity contribution in [2.75, 3.05) is 0 Å². The topological polar surface area (TPSA) is 43.1 Å². The zero-order chi connectivity index (χ0) is 15.4. The lowest BCUT2D eigenvalue weighted by atomic mass is 10.0. The lowest BCUT2D eigenvalue weighted by Crippen LogP contribution is -2.27. The highest BCUT2D eigenvalue weighted by Crippen LogP contribution is 2.23. The van der Waals surface area contributed by atoms with E-state index in [-0.39, 0.29) is 11.3 Å². The van der Waals surface area contributed by atoms with E-state index in [1.165, 1.54) is 11.1 Å². The van der Waals surface area contributed by atoms with Gasteiger partial charge in [-0.2, -0.15) is 0 Å². The van der Waals surface area contributed by atoms with Crippen LogP contribution in [0.4, 0.5) is 0 Å². The molecule has 0 aliphatic heterocycles. The highest BCUT2D eigenvalue weighted by Gasteiger charge is 2.22. The maximum Gasteiger partial charge on any atom is 0.0577 e. The second-order valence-electron chi connectivity index (χ2n) is 5.44. The quantitative estimate of drug-likeness (QED) is 0.914. The molecule has 3 heteroatoms. The molecule has 21 heavy (non-hydrogen) atoms. The van der Waals surface area contributed by atoms with Gasteiger partial charge in [0.2, 0.25) is 0 Å². The minimum Gasteiger partial charge on any atom is -0.323 e. The fraction of sp³-hybridized carbons (Fsp3) is 0.333. The van der Waals surface area contributed by atoms with Gasteiger partial charge in [0.15, 0.2) is 0 Å². The van der Waals surface area contributed by atoms with Crippen LogP contribution in [-0.4, -0.2) is 9.46 Å². The lowest BCUT2D eigenvalue weighted by Gasteiger charge is -2.20. The van der Waals surface area contributed by atoms with Gasteiger partial charge in [-0.05, 0) is 43.5 Å². The van der Waals surface area contributed by atoms with Gasteiger partial charge in [0.1, 0.15) is 0 Å². The molecule has 0 aliphatic rings. The average Bonchev–Trinajstić information content (AvgIpc) is 2.53. The van der Waals surface area contributed by atoms with Crippen LogP contribution >= 0.6 is 0 Å². The van der Waals surface area contributed by atoms with Gasteiger partial charge in [-0.15, -0.1) is 0 Å². The molecule has 2 aromatic rings. The second-order valence-corrected chi connectivity index (χ2v) is 7.25. The molecule has 0 aromatic heterocycles. The Bertz CT molecular complexity index is 604. The SMILES string of the molecule is CCc1ccc(C(N)C(C)S(=O)c2ccc(C)cc2)cc1. The summed E-state index contributed by atoms with van der Waals surface area (Å²) >= 11 is 0. The zero-order valence-electron chi connectivity index (χ0n) is 12.9. The van der Waals surface area contributed by atoms with Crippen molar-refractivity contribution in [1.82, 2.24) is 0 Å². The zero-order valence-corrected chi connectivity index (χ0v) is 13.7. The van der Waals surface area contributed by atoms with Crippen LogP contribution in [-0.2, 0) is 17.2 Å². The molecule has 3 atom stereocenters. The van der Waals surface area contributed by atoms with Gasteiger partial charge in [0.25, 0.3) is 0 Å². The highest BCUT2D eigenvalue weighted by molar-refractivity contribution is 7.85. The molecular formula is C18H23NOS. The van der Waals surface area contributed by atoms with Crippen molar-refractivity contribution in [2.24, 2.45) is 5.73 Å². The van der Waals surface area contributed by atoms with Crippen LogP contribution in [0.3, 0.4) is 0 Å². The summed E-state index contributed by atoms with van der Waals surface area (Å²) in [6.07, 6.45) is 1.01. The Labute approximate surface area is 129 Å². The van der Waals surface area contributed by atoms with Crippen molar-refractivity contribution in [3.63, 3.8) is 0 Å². The summed E-state index contributed by atoms with van der Waals surface area (Å²) in [6.45, 7) is 6.11. The van der Waals surface area contributed by atoms with Gasteiger partial charge in [-0.3, -0.25) is 4.21 Å². The van der Waals surface area contributed by atoms with Crippen molar-refractivity contribution in [3.8, 4) is 0 Å². The van der Waals surface area contributed by atoms with E-state index < -0.39 is 10.8 Å². The third kappa shape index (κ3) is 3.80. The molecule has 2 aromatic carbocycles. The van der Waals surface area contributed by atoms with E-state index in [4.69, 9.17) is 5.73 Å². The molecule has 0 bridgehead atoms. The average molecular weight is 301 g/mol. The number of benzene rings is 2. The second kappa shape index (κ2) is 7.01. The maximum atomic E-state index is 12.6. The number of aryl methyl sites for hydroxylation is 2. The van der Waals surface area contributed by atoms with Gasteiger partial charge < -0.3 is 5.73 Å². The summed E-state index contributed by atoms with van der Waals surface area (Å²) in [5.41, 5.74) is 9.81. The molecule has 112 valence electrons. The molecule has 2 nitrogen and oxygen atoms in total. The molecule has 0 saturated carbocycles. The number of hydrogen-bond acceptors (Lipinski definition) is 2. The molecule has 2 rings (SSSR count). The van der Waals surface area contributed by atoms with Crippen LogP contribution < -0.4 is 5.73 Å². The van der Waals surface area contributed by atoms with Crippen LogP contribution in [0.2, 0.25) is 0 Å². The number of nitrogens with two attached hydrogens (primary N) is 1. The minimum atomic E-state index is -1.10. The largest absolute Gasteiger partial charge is 0.323 e. The van der Waals surface area contributed by atoms with Gasteiger partial charge in [0.05, 0.1) is 16.0 Å². The van der Waals surface area contributed by atoms with Gasteiger partial charge in [-0.1, -0.05) is 48.9 Å². The van der Waals surface area contributed by atoms with Crippen molar-refractivity contribution in [3.05, 3.63) is 65.2 Å². The summed E-state index contributed by atoms with van der Waals surface area (Å²) in [4.78, 5) is 0.841. The monoisotopic (exact) mass is 301 g/mol. The van der Waals surface area contributed by atoms with Crippen molar-refractivity contribution >= 4 is 10.8 Å². The number of hydrogen-bond donors (Lipinski definition) is 1. The Balaban J connectivity index is 2.15. The van der Waals surface area contributed by atoms with E-state index in [1.54, 1.807) is 0 Å². The molecule has 0 fully saturated rings. The van der Waals surface area contributed by atoms with E-state index in [0.717, 1.165) is 16.9 Å². The molecule has 0 aliphatic carbocycles. The standard InChI is InChI=1S/C18H23NOS/c1-4-15-7-9-16(10-8-15)18(19)14(3)21(20)17-11-5-13(2)6-12-17/h5-12,14,18H,4,19H2,1-3H3. The van der Waals surface area contributed by atoms with Crippen LogP contribution in [0.25, 0.3) is 0 Å². The molecule has 0 amide bonds. The van der Waals surface area contributed by atoms with Gasteiger partial charge >= 0.3 is 0 Å². The first-order valence-corrected chi connectivity index (χ1v) is 8.56. The molecule has 0 heterocycles. The fourth-order valence-corrected chi connectivity index (χ4v) is 3.52. The molecular weight excluding hydrogens is 278 g/mol.